The van der Waals surface area contributed by atoms with Gasteiger partial charge in [0.05, 0.1) is 0 Å². The molecule has 1 nitrogen and oxygen atoms in total. The van der Waals surface area contributed by atoms with E-state index in [1.807, 2.05) is 13.2 Å². The third-order valence-electron chi connectivity index (χ3n) is 2.24. The summed E-state index contributed by atoms with van der Waals surface area (Å²) in [4.78, 5) is 0. The van der Waals surface area contributed by atoms with Gasteiger partial charge in [-0.15, -0.1) is 6.58 Å². The van der Waals surface area contributed by atoms with E-state index in [1.165, 1.54) is 25.3 Å². The molecule has 0 saturated carbocycles. The second kappa shape index (κ2) is 6.43. The highest BCUT2D eigenvalue weighted by Gasteiger charge is 2.18. The Labute approximate surface area is 78.0 Å². The van der Waals surface area contributed by atoms with Crippen LogP contribution in [0, 0.1) is 0 Å². The fourth-order valence-electron chi connectivity index (χ4n) is 1.12. The average molecular weight is 186 g/mol. The Kier molecular flexibility index (Phi) is 6.39. The van der Waals surface area contributed by atoms with Crippen LogP contribution in [0.2, 0.25) is 19.1 Å². The number of hydrogen-bond acceptors (Lipinski definition) is 1. The number of unbranched alkanes of at least 4 members (excludes halogenated alkanes) is 3. The summed E-state index contributed by atoms with van der Waals surface area (Å²) >= 11 is 0. The molecule has 0 unspecified atom stereocenters. The molecule has 0 spiro atoms. The molecule has 0 atom stereocenters. The van der Waals surface area contributed by atoms with Crippen molar-refractivity contribution >= 4 is 8.32 Å². The van der Waals surface area contributed by atoms with Crippen LogP contribution in [0.5, 0.6) is 0 Å². The second-order valence-corrected chi connectivity index (χ2v) is 8.28. The van der Waals surface area contributed by atoms with Crippen molar-refractivity contribution < 1.29 is 4.43 Å². The largest absolute Gasteiger partial charge is 0.420 e. The molecule has 0 aromatic rings. The molecule has 0 aliphatic heterocycles. The summed E-state index contributed by atoms with van der Waals surface area (Å²) in [5.74, 6) is 0. The minimum absolute atomic E-state index is 1.16. The standard InChI is InChI=1S/C10H22OSi/c1-5-6-7-8-9-10-12(3,4)11-2/h5H,1,6-10H2,2-4H3. The van der Waals surface area contributed by atoms with Crippen LogP contribution >= 0.6 is 0 Å². The zero-order chi connectivity index (χ0) is 9.45. The minimum atomic E-state index is -1.26. The lowest BCUT2D eigenvalue weighted by Gasteiger charge is -2.19. The van der Waals surface area contributed by atoms with Gasteiger partial charge < -0.3 is 4.43 Å². The van der Waals surface area contributed by atoms with Crippen LogP contribution in [0.4, 0.5) is 0 Å². The molecule has 0 amide bonds. The summed E-state index contributed by atoms with van der Waals surface area (Å²) in [6.07, 6.45) is 7.10. The van der Waals surface area contributed by atoms with E-state index in [-0.39, 0.29) is 0 Å². The van der Waals surface area contributed by atoms with Gasteiger partial charge in [-0.2, -0.15) is 0 Å². The van der Waals surface area contributed by atoms with Gasteiger partial charge in [0.25, 0.3) is 0 Å². The van der Waals surface area contributed by atoms with E-state index in [1.54, 1.807) is 0 Å². The van der Waals surface area contributed by atoms with Crippen LogP contribution in [-0.2, 0) is 4.43 Å². The maximum absolute atomic E-state index is 5.46. The van der Waals surface area contributed by atoms with Crippen LogP contribution in [0.15, 0.2) is 12.7 Å². The van der Waals surface area contributed by atoms with Crippen molar-refractivity contribution in [3.63, 3.8) is 0 Å². The smallest absolute Gasteiger partial charge is 0.186 e. The van der Waals surface area contributed by atoms with Crippen LogP contribution < -0.4 is 0 Å². The summed E-state index contributed by atoms with van der Waals surface area (Å²) in [5, 5.41) is 0. The highest BCUT2D eigenvalue weighted by atomic mass is 28.4. The molecule has 12 heavy (non-hydrogen) atoms. The van der Waals surface area contributed by atoms with Crippen molar-refractivity contribution in [3.8, 4) is 0 Å². The third kappa shape index (κ3) is 6.62. The van der Waals surface area contributed by atoms with Gasteiger partial charge in [-0.25, -0.2) is 0 Å². The summed E-state index contributed by atoms with van der Waals surface area (Å²) in [5.41, 5.74) is 0. The van der Waals surface area contributed by atoms with Gasteiger partial charge in [-0.1, -0.05) is 18.9 Å². The first-order valence-corrected chi connectivity index (χ1v) is 7.90. The minimum Gasteiger partial charge on any atom is -0.420 e. The third-order valence-corrected chi connectivity index (χ3v) is 4.90. The predicted octanol–water partition coefficient (Wildman–Crippen LogP) is 3.58. The molecule has 0 aromatic heterocycles. The highest BCUT2D eigenvalue weighted by molar-refractivity contribution is 6.71. The van der Waals surface area contributed by atoms with Crippen molar-refractivity contribution in [1.82, 2.24) is 0 Å². The van der Waals surface area contributed by atoms with Gasteiger partial charge in [-0.3, -0.25) is 0 Å². The van der Waals surface area contributed by atoms with Gasteiger partial charge in [0, 0.05) is 7.11 Å². The first-order valence-electron chi connectivity index (χ1n) is 4.78. The van der Waals surface area contributed by atoms with Crippen molar-refractivity contribution in [3.05, 3.63) is 12.7 Å². The lowest BCUT2D eigenvalue weighted by atomic mass is 10.2. The van der Waals surface area contributed by atoms with Gasteiger partial charge in [0.2, 0.25) is 0 Å². The van der Waals surface area contributed by atoms with Crippen LogP contribution in [-0.4, -0.2) is 15.4 Å². The summed E-state index contributed by atoms with van der Waals surface area (Å²) in [7, 11) is 0.580. The Hall–Kier alpha value is -0.0831. The normalized spacial score (nSPS) is 11.6. The van der Waals surface area contributed by atoms with Crippen molar-refractivity contribution in [2.24, 2.45) is 0 Å². The molecule has 72 valence electrons. The molecule has 2 heteroatoms. The first kappa shape index (κ1) is 11.9. The molecule has 0 rings (SSSR count). The summed E-state index contributed by atoms with van der Waals surface area (Å²) in [6.45, 7) is 8.26. The van der Waals surface area contributed by atoms with E-state index in [0.717, 1.165) is 6.42 Å². The van der Waals surface area contributed by atoms with E-state index in [4.69, 9.17) is 4.43 Å². The maximum Gasteiger partial charge on any atom is 0.186 e. The molecule has 0 aliphatic rings. The number of rotatable bonds is 7. The summed E-state index contributed by atoms with van der Waals surface area (Å²) in [6, 6.07) is 1.29. The Morgan fingerprint density at radius 1 is 1.25 bits per heavy atom. The molecule has 0 bridgehead atoms. The fourth-order valence-corrected chi connectivity index (χ4v) is 2.42. The van der Waals surface area contributed by atoms with E-state index in [9.17, 15) is 0 Å². The predicted molar refractivity (Wildman–Crippen MR) is 58.0 cm³/mol. The molecule has 0 aromatic carbocycles. The van der Waals surface area contributed by atoms with Crippen molar-refractivity contribution in [1.29, 1.82) is 0 Å². The van der Waals surface area contributed by atoms with Crippen LogP contribution in [0.3, 0.4) is 0 Å². The number of allylic oxidation sites excluding steroid dienone is 1. The van der Waals surface area contributed by atoms with Crippen molar-refractivity contribution in [2.75, 3.05) is 7.11 Å². The van der Waals surface area contributed by atoms with Crippen molar-refractivity contribution in [2.45, 2.75) is 44.8 Å². The Bertz CT molecular complexity index is 121. The second-order valence-electron chi connectivity index (χ2n) is 3.85. The summed E-state index contributed by atoms with van der Waals surface area (Å²) < 4.78 is 5.46. The average Bonchev–Trinajstić information content (AvgIpc) is 2.04. The molecule has 0 aliphatic carbocycles. The maximum atomic E-state index is 5.46. The molecule has 0 saturated heterocycles. The molecule has 0 N–H and O–H groups in total. The monoisotopic (exact) mass is 186 g/mol. The lowest BCUT2D eigenvalue weighted by Crippen LogP contribution is -2.27. The van der Waals surface area contributed by atoms with E-state index < -0.39 is 8.32 Å². The quantitative estimate of drug-likeness (QED) is 0.335. The van der Waals surface area contributed by atoms with E-state index in [0.29, 0.717) is 0 Å². The zero-order valence-corrected chi connectivity index (χ0v) is 9.73. The molecule has 0 fully saturated rings. The topological polar surface area (TPSA) is 9.23 Å². The molecule has 0 radical (unpaired) electrons. The Balaban J connectivity index is 3.24. The first-order chi connectivity index (χ1) is 5.62. The lowest BCUT2D eigenvalue weighted by molar-refractivity contribution is 0.401. The fraction of sp³-hybridized carbons (Fsp3) is 0.800. The van der Waals surface area contributed by atoms with E-state index >= 15 is 0 Å². The van der Waals surface area contributed by atoms with Gasteiger partial charge >= 0.3 is 0 Å². The SMILES string of the molecule is C=CCCCCC[Si](C)(C)OC. The van der Waals surface area contributed by atoms with Crippen LogP contribution in [0.1, 0.15) is 25.7 Å². The van der Waals surface area contributed by atoms with Gasteiger partial charge in [-0.05, 0) is 32.0 Å². The number of hydrogen-bond donors (Lipinski definition) is 0. The molecular weight excluding hydrogens is 164 g/mol. The Morgan fingerprint density at radius 3 is 2.42 bits per heavy atom. The zero-order valence-electron chi connectivity index (χ0n) is 8.73. The highest BCUT2D eigenvalue weighted by Crippen LogP contribution is 2.15. The van der Waals surface area contributed by atoms with E-state index in [2.05, 4.69) is 19.7 Å². The molecule has 0 heterocycles. The Morgan fingerprint density at radius 2 is 1.92 bits per heavy atom. The van der Waals surface area contributed by atoms with Crippen LogP contribution in [0.25, 0.3) is 0 Å². The van der Waals surface area contributed by atoms with Gasteiger partial charge in [0.1, 0.15) is 0 Å². The van der Waals surface area contributed by atoms with Gasteiger partial charge in [0.15, 0.2) is 8.32 Å². The molecular formula is C10H22OSi.